The Hall–Kier alpha value is -1.65. The highest BCUT2D eigenvalue weighted by atomic mass is 79.9. The highest BCUT2D eigenvalue weighted by Crippen LogP contribution is 2.49. The second-order valence-electron chi connectivity index (χ2n) is 4.31. The van der Waals surface area contributed by atoms with Crippen molar-refractivity contribution in [3.63, 3.8) is 0 Å². The molecule has 0 heterocycles. The summed E-state index contributed by atoms with van der Waals surface area (Å²) in [5, 5.41) is 29.7. The first-order valence-corrected chi connectivity index (χ1v) is 6.38. The molecule has 6 nitrogen and oxygen atoms in total. The van der Waals surface area contributed by atoms with E-state index in [9.17, 15) is 20.5 Å². The molecule has 0 bridgehead atoms. The molecule has 0 aliphatic heterocycles. The van der Waals surface area contributed by atoms with Crippen molar-refractivity contribution in [3.05, 3.63) is 31.8 Å². The van der Waals surface area contributed by atoms with Crippen LogP contribution in [0.2, 0.25) is 0 Å². The SMILES string of the molecule is COc1c(Br)cc([N+](=O)[O-])c2c1C[C@H](CO)[C@H]2C#N. The maximum Gasteiger partial charge on any atom is 0.275 e. The van der Waals surface area contributed by atoms with Gasteiger partial charge >= 0.3 is 0 Å². The number of benzene rings is 1. The number of fused-ring (bicyclic) bond motifs is 1. The summed E-state index contributed by atoms with van der Waals surface area (Å²) < 4.78 is 5.73. The average Bonchev–Trinajstić information content (AvgIpc) is 2.75. The summed E-state index contributed by atoms with van der Waals surface area (Å²) >= 11 is 3.24. The zero-order chi connectivity index (χ0) is 14.2. The Kier molecular flexibility index (Phi) is 3.73. The number of nitriles is 1. The second kappa shape index (κ2) is 5.15. The van der Waals surface area contributed by atoms with Crippen molar-refractivity contribution >= 4 is 21.6 Å². The quantitative estimate of drug-likeness (QED) is 0.678. The number of methoxy groups -OCH3 is 1. The van der Waals surface area contributed by atoms with Gasteiger partial charge in [0, 0.05) is 24.2 Å². The van der Waals surface area contributed by atoms with Crippen LogP contribution in [0, 0.1) is 27.4 Å². The van der Waals surface area contributed by atoms with Crippen LogP contribution in [0.5, 0.6) is 5.75 Å². The van der Waals surface area contributed by atoms with E-state index in [4.69, 9.17) is 4.74 Å². The maximum absolute atomic E-state index is 11.1. The van der Waals surface area contributed by atoms with Crippen molar-refractivity contribution < 1.29 is 14.8 Å². The molecule has 1 aliphatic carbocycles. The number of aliphatic hydroxyl groups is 1. The average molecular weight is 327 g/mol. The first-order valence-electron chi connectivity index (χ1n) is 5.59. The Morgan fingerprint density at radius 2 is 2.42 bits per heavy atom. The van der Waals surface area contributed by atoms with Crippen LogP contribution < -0.4 is 4.74 Å². The van der Waals surface area contributed by atoms with Gasteiger partial charge in [0.05, 0.1) is 34.1 Å². The van der Waals surface area contributed by atoms with E-state index in [1.165, 1.54) is 13.2 Å². The number of hydrogen-bond donors (Lipinski definition) is 1. The third-order valence-corrected chi connectivity index (χ3v) is 3.97. The fourth-order valence-corrected chi connectivity index (χ4v) is 3.18. The van der Waals surface area contributed by atoms with Crippen molar-refractivity contribution in [2.45, 2.75) is 12.3 Å². The molecular weight excluding hydrogens is 316 g/mol. The first kappa shape index (κ1) is 13.8. The summed E-state index contributed by atoms with van der Waals surface area (Å²) in [5.74, 6) is -0.513. The van der Waals surface area contributed by atoms with Crippen LogP contribution in [0.1, 0.15) is 17.0 Å². The normalized spacial score (nSPS) is 20.7. The number of nitro benzene ring substituents is 1. The van der Waals surface area contributed by atoms with Crippen LogP contribution in [-0.4, -0.2) is 23.7 Å². The number of hydrogen-bond acceptors (Lipinski definition) is 5. The molecule has 0 saturated carbocycles. The summed E-state index contributed by atoms with van der Waals surface area (Å²) in [6.07, 6.45) is 0.396. The molecule has 2 rings (SSSR count). The highest BCUT2D eigenvalue weighted by molar-refractivity contribution is 9.10. The van der Waals surface area contributed by atoms with Gasteiger partial charge in [0.25, 0.3) is 5.69 Å². The predicted octanol–water partition coefficient (Wildman–Crippen LogP) is 2.14. The lowest BCUT2D eigenvalue weighted by molar-refractivity contribution is -0.385. The Bertz CT molecular complexity index is 582. The van der Waals surface area contributed by atoms with Gasteiger partial charge < -0.3 is 9.84 Å². The number of nitro groups is 1. The van der Waals surface area contributed by atoms with Gasteiger partial charge in [0.1, 0.15) is 5.75 Å². The third-order valence-electron chi connectivity index (χ3n) is 3.38. The van der Waals surface area contributed by atoms with Crippen molar-refractivity contribution in [2.24, 2.45) is 5.92 Å². The van der Waals surface area contributed by atoms with Crippen LogP contribution in [0.4, 0.5) is 5.69 Å². The molecule has 7 heteroatoms. The molecule has 100 valence electrons. The van der Waals surface area contributed by atoms with E-state index < -0.39 is 10.8 Å². The summed E-state index contributed by atoms with van der Waals surface area (Å²) in [6, 6.07) is 3.40. The Balaban J connectivity index is 2.73. The van der Waals surface area contributed by atoms with Crippen LogP contribution in [0.15, 0.2) is 10.5 Å². The van der Waals surface area contributed by atoms with E-state index in [2.05, 4.69) is 22.0 Å². The predicted molar refractivity (Wildman–Crippen MR) is 70.0 cm³/mol. The maximum atomic E-state index is 11.1. The second-order valence-corrected chi connectivity index (χ2v) is 5.17. The number of aliphatic hydroxyl groups excluding tert-OH is 1. The lowest BCUT2D eigenvalue weighted by Gasteiger charge is -2.11. The Morgan fingerprint density at radius 3 is 2.89 bits per heavy atom. The van der Waals surface area contributed by atoms with Gasteiger partial charge in [-0.05, 0) is 22.4 Å². The topological polar surface area (TPSA) is 96.4 Å². The van der Waals surface area contributed by atoms with Gasteiger partial charge in [-0.1, -0.05) is 0 Å². The van der Waals surface area contributed by atoms with Gasteiger partial charge in [-0.2, -0.15) is 5.26 Å². The lowest BCUT2D eigenvalue weighted by atomic mass is 9.94. The van der Waals surface area contributed by atoms with Crippen molar-refractivity contribution in [1.82, 2.24) is 0 Å². The van der Waals surface area contributed by atoms with Crippen LogP contribution in [0.3, 0.4) is 0 Å². The molecule has 2 atom stereocenters. The number of rotatable bonds is 3. The van der Waals surface area contributed by atoms with E-state index in [1.807, 2.05) is 0 Å². The fraction of sp³-hybridized carbons (Fsp3) is 0.417. The summed E-state index contributed by atoms with van der Waals surface area (Å²) in [5.41, 5.74) is 0.894. The third kappa shape index (κ3) is 2.07. The molecule has 0 spiro atoms. The van der Waals surface area contributed by atoms with Crippen LogP contribution >= 0.6 is 15.9 Å². The van der Waals surface area contributed by atoms with Gasteiger partial charge in [-0.25, -0.2) is 0 Å². The van der Waals surface area contributed by atoms with E-state index in [-0.39, 0.29) is 18.2 Å². The van der Waals surface area contributed by atoms with Crippen molar-refractivity contribution in [3.8, 4) is 11.8 Å². The van der Waals surface area contributed by atoms with E-state index in [0.717, 1.165) is 0 Å². The van der Waals surface area contributed by atoms with E-state index >= 15 is 0 Å². The van der Waals surface area contributed by atoms with Gasteiger partial charge in [0.15, 0.2) is 0 Å². The molecule has 0 unspecified atom stereocenters. The minimum atomic E-state index is -0.678. The van der Waals surface area contributed by atoms with Crippen molar-refractivity contribution in [1.29, 1.82) is 5.26 Å². The largest absolute Gasteiger partial charge is 0.495 e. The number of nitrogens with zero attached hydrogens (tertiary/aromatic N) is 2. The molecule has 1 aromatic carbocycles. The first-order chi connectivity index (χ1) is 9.04. The molecule has 0 amide bonds. The van der Waals surface area contributed by atoms with Gasteiger partial charge in [-0.15, -0.1) is 0 Å². The van der Waals surface area contributed by atoms with Gasteiger partial charge in [0.2, 0.25) is 0 Å². The van der Waals surface area contributed by atoms with Gasteiger partial charge in [-0.3, -0.25) is 10.1 Å². The molecule has 1 N–H and O–H groups in total. The Morgan fingerprint density at radius 1 is 1.74 bits per heavy atom. The van der Waals surface area contributed by atoms with E-state index in [0.29, 0.717) is 27.8 Å². The zero-order valence-corrected chi connectivity index (χ0v) is 11.7. The zero-order valence-electron chi connectivity index (χ0n) is 10.1. The monoisotopic (exact) mass is 326 g/mol. The minimum Gasteiger partial charge on any atom is -0.495 e. The number of halogens is 1. The molecule has 1 aliphatic rings. The minimum absolute atomic E-state index is 0.106. The highest BCUT2D eigenvalue weighted by Gasteiger charge is 2.40. The molecule has 19 heavy (non-hydrogen) atoms. The molecule has 1 aromatic rings. The van der Waals surface area contributed by atoms with Crippen LogP contribution in [-0.2, 0) is 6.42 Å². The smallest absolute Gasteiger partial charge is 0.275 e. The summed E-state index contributed by atoms with van der Waals surface area (Å²) in [4.78, 5) is 10.6. The fourth-order valence-electron chi connectivity index (χ4n) is 2.56. The summed E-state index contributed by atoms with van der Waals surface area (Å²) in [6.45, 7) is -0.190. The van der Waals surface area contributed by atoms with Crippen molar-refractivity contribution in [2.75, 3.05) is 13.7 Å². The standard InChI is InChI=1S/C12H11BrN2O4/c1-19-12-7-2-6(5-16)8(4-14)11(7)10(15(17)18)3-9(12)13/h3,6,8,16H,2,5H2,1H3/t6-,8-/m1/s1. The molecule has 0 aromatic heterocycles. The molecule has 0 radical (unpaired) electrons. The molecule has 0 fully saturated rings. The Labute approximate surface area is 117 Å². The van der Waals surface area contributed by atoms with E-state index in [1.54, 1.807) is 0 Å². The number of ether oxygens (including phenoxy) is 1. The lowest BCUT2D eigenvalue weighted by Crippen LogP contribution is -2.11. The molecule has 0 saturated heterocycles. The van der Waals surface area contributed by atoms with Crippen LogP contribution in [0.25, 0.3) is 0 Å². The molecular formula is C12H11BrN2O4. The summed E-state index contributed by atoms with van der Waals surface area (Å²) in [7, 11) is 1.47.